The Morgan fingerprint density at radius 3 is 3.00 bits per heavy atom. The highest BCUT2D eigenvalue weighted by Crippen LogP contribution is 2.34. The number of pyridine rings is 1. The summed E-state index contributed by atoms with van der Waals surface area (Å²) in [6.45, 7) is 3.69. The van der Waals surface area contributed by atoms with Crippen LogP contribution in [0.15, 0.2) is 42.6 Å². The molecule has 2 aromatic rings. The summed E-state index contributed by atoms with van der Waals surface area (Å²) in [6.07, 6.45) is 2.72. The number of hydrogen-bond donors (Lipinski definition) is 2. The van der Waals surface area contributed by atoms with Crippen LogP contribution in [0.3, 0.4) is 0 Å². The number of ether oxygens (including phenoxy) is 1. The SMILES string of the molecule is CCNC(c1cccnc1N)C1COc2ccccc2C1. The summed E-state index contributed by atoms with van der Waals surface area (Å²) in [6, 6.07) is 12.4. The summed E-state index contributed by atoms with van der Waals surface area (Å²) in [7, 11) is 0. The minimum atomic E-state index is 0.164. The van der Waals surface area contributed by atoms with Gasteiger partial charge in [0.05, 0.1) is 6.61 Å². The standard InChI is InChI=1S/C17H21N3O/c1-2-19-16(14-7-5-9-20-17(14)18)13-10-12-6-3-4-8-15(12)21-11-13/h3-9,13,16,19H,2,10-11H2,1H3,(H2,18,20). The van der Waals surface area contributed by atoms with Gasteiger partial charge < -0.3 is 15.8 Å². The molecular weight excluding hydrogens is 262 g/mol. The third kappa shape index (κ3) is 2.85. The van der Waals surface area contributed by atoms with Gasteiger partial charge in [-0.2, -0.15) is 0 Å². The zero-order valence-electron chi connectivity index (χ0n) is 12.3. The van der Waals surface area contributed by atoms with E-state index in [2.05, 4.69) is 35.4 Å². The lowest BCUT2D eigenvalue weighted by atomic mass is 9.86. The van der Waals surface area contributed by atoms with E-state index in [1.807, 2.05) is 18.2 Å². The van der Waals surface area contributed by atoms with Gasteiger partial charge in [-0.05, 0) is 30.7 Å². The van der Waals surface area contributed by atoms with Gasteiger partial charge in [-0.1, -0.05) is 31.2 Å². The molecule has 0 radical (unpaired) electrons. The molecule has 110 valence electrons. The third-order valence-electron chi connectivity index (χ3n) is 4.01. The molecule has 0 spiro atoms. The molecular formula is C17H21N3O. The van der Waals surface area contributed by atoms with Gasteiger partial charge in [0.15, 0.2) is 0 Å². The molecule has 3 rings (SSSR count). The fraction of sp³-hybridized carbons (Fsp3) is 0.353. The van der Waals surface area contributed by atoms with Gasteiger partial charge in [0.2, 0.25) is 0 Å². The minimum absolute atomic E-state index is 0.164. The molecule has 1 aromatic carbocycles. The number of aromatic nitrogens is 1. The van der Waals surface area contributed by atoms with Gasteiger partial charge in [0.1, 0.15) is 11.6 Å². The lowest BCUT2D eigenvalue weighted by Crippen LogP contribution is -2.35. The van der Waals surface area contributed by atoms with Crippen molar-refractivity contribution in [1.82, 2.24) is 10.3 Å². The second-order valence-electron chi connectivity index (χ2n) is 5.40. The van der Waals surface area contributed by atoms with E-state index < -0.39 is 0 Å². The van der Waals surface area contributed by atoms with Crippen molar-refractivity contribution >= 4 is 5.82 Å². The molecule has 2 heterocycles. The first kappa shape index (κ1) is 13.9. The van der Waals surface area contributed by atoms with Crippen LogP contribution in [-0.4, -0.2) is 18.1 Å². The molecule has 0 saturated carbocycles. The summed E-state index contributed by atoms with van der Waals surface area (Å²) in [5.41, 5.74) is 8.39. The smallest absolute Gasteiger partial charge is 0.128 e. The van der Waals surface area contributed by atoms with E-state index in [4.69, 9.17) is 10.5 Å². The number of para-hydroxylation sites is 1. The van der Waals surface area contributed by atoms with E-state index in [0.29, 0.717) is 18.3 Å². The van der Waals surface area contributed by atoms with E-state index in [-0.39, 0.29) is 6.04 Å². The van der Waals surface area contributed by atoms with Crippen molar-refractivity contribution in [2.75, 3.05) is 18.9 Å². The second kappa shape index (κ2) is 6.14. The fourth-order valence-electron chi connectivity index (χ4n) is 3.01. The van der Waals surface area contributed by atoms with Crippen LogP contribution in [0.5, 0.6) is 5.75 Å². The van der Waals surface area contributed by atoms with E-state index in [0.717, 1.165) is 24.3 Å². The predicted molar refractivity (Wildman–Crippen MR) is 84.2 cm³/mol. The summed E-state index contributed by atoms with van der Waals surface area (Å²) in [4.78, 5) is 4.22. The van der Waals surface area contributed by atoms with Crippen LogP contribution in [-0.2, 0) is 6.42 Å². The van der Waals surface area contributed by atoms with Crippen LogP contribution in [0.1, 0.15) is 24.1 Å². The summed E-state index contributed by atoms with van der Waals surface area (Å²) in [5, 5.41) is 3.54. The van der Waals surface area contributed by atoms with Gasteiger partial charge in [-0.3, -0.25) is 0 Å². The monoisotopic (exact) mass is 283 g/mol. The maximum Gasteiger partial charge on any atom is 0.128 e. The van der Waals surface area contributed by atoms with Crippen LogP contribution in [0, 0.1) is 5.92 Å². The van der Waals surface area contributed by atoms with Crippen LogP contribution in [0.4, 0.5) is 5.82 Å². The molecule has 0 saturated heterocycles. The average Bonchev–Trinajstić information content (AvgIpc) is 2.53. The fourth-order valence-corrected chi connectivity index (χ4v) is 3.01. The van der Waals surface area contributed by atoms with Gasteiger partial charge in [-0.25, -0.2) is 4.98 Å². The quantitative estimate of drug-likeness (QED) is 0.905. The Kier molecular flexibility index (Phi) is 4.06. The van der Waals surface area contributed by atoms with Crippen LogP contribution >= 0.6 is 0 Å². The van der Waals surface area contributed by atoms with Gasteiger partial charge in [0, 0.05) is 23.7 Å². The Morgan fingerprint density at radius 2 is 2.19 bits per heavy atom. The molecule has 1 aromatic heterocycles. The van der Waals surface area contributed by atoms with E-state index in [1.165, 1.54) is 5.56 Å². The number of nitrogens with two attached hydrogens (primary N) is 1. The van der Waals surface area contributed by atoms with Crippen molar-refractivity contribution in [2.24, 2.45) is 5.92 Å². The first-order valence-electron chi connectivity index (χ1n) is 7.44. The Bertz CT molecular complexity index is 614. The lowest BCUT2D eigenvalue weighted by Gasteiger charge is -2.32. The van der Waals surface area contributed by atoms with Crippen molar-refractivity contribution in [3.63, 3.8) is 0 Å². The topological polar surface area (TPSA) is 60.2 Å². The number of rotatable bonds is 4. The van der Waals surface area contributed by atoms with Crippen LogP contribution in [0.2, 0.25) is 0 Å². The average molecular weight is 283 g/mol. The highest BCUT2D eigenvalue weighted by molar-refractivity contribution is 5.42. The highest BCUT2D eigenvalue weighted by Gasteiger charge is 2.29. The Labute approximate surface area is 125 Å². The molecule has 2 unspecified atom stereocenters. The molecule has 2 atom stereocenters. The number of benzene rings is 1. The van der Waals surface area contributed by atoms with Gasteiger partial charge >= 0.3 is 0 Å². The maximum absolute atomic E-state index is 6.06. The van der Waals surface area contributed by atoms with Crippen molar-refractivity contribution < 1.29 is 4.74 Å². The Morgan fingerprint density at radius 1 is 1.33 bits per heavy atom. The van der Waals surface area contributed by atoms with Crippen LogP contribution < -0.4 is 15.8 Å². The molecule has 1 aliphatic rings. The zero-order chi connectivity index (χ0) is 14.7. The number of fused-ring (bicyclic) bond motifs is 1. The molecule has 0 aliphatic carbocycles. The second-order valence-corrected chi connectivity index (χ2v) is 5.40. The minimum Gasteiger partial charge on any atom is -0.493 e. The summed E-state index contributed by atoms with van der Waals surface area (Å²) in [5.74, 6) is 1.96. The zero-order valence-corrected chi connectivity index (χ0v) is 12.3. The first-order valence-corrected chi connectivity index (χ1v) is 7.44. The largest absolute Gasteiger partial charge is 0.493 e. The third-order valence-corrected chi connectivity index (χ3v) is 4.01. The van der Waals surface area contributed by atoms with Gasteiger partial charge in [-0.15, -0.1) is 0 Å². The Hall–Kier alpha value is -2.07. The molecule has 21 heavy (non-hydrogen) atoms. The van der Waals surface area contributed by atoms with Crippen LogP contribution in [0.25, 0.3) is 0 Å². The maximum atomic E-state index is 6.06. The number of nitrogens with one attached hydrogen (secondary N) is 1. The molecule has 4 nitrogen and oxygen atoms in total. The summed E-state index contributed by atoms with van der Waals surface area (Å²) < 4.78 is 5.92. The molecule has 4 heteroatoms. The highest BCUT2D eigenvalue weighted by atomic mass is 16.5. The first-order chi connectivity index (χ1) is 10.3. The number of anilines is 1. The predicted octanol–water partition coefficient (Wildman–Crippen LogP) is 2.57. The Balaban J connectivity index is 1.88. The normalized spacial score (nSPS) is 18.6. The molecule has 3 N–H and O–H groups in total. The number of hydrogen-bond acceptors (Lipinski definition) is 4. The number of nitrogen functional groups attached to an aromatic ring is 1. The molecule has 1 aliphatic heterocycles. The van der Waals surface area contributed by atoms with E-state index in [1.54, 1.807) is 6.20 Å². The summed E-state index contributed by atoms with van der Waals surface area (Å²) >= 11 is 0. The van der Waals surface area contributed by atoms with E-state index >= 15 is 0 Å². The lowest BCUT2D eigenvalue weighted by molar-refractivity contribution is 0.185. The van der Waals surface area contributed by atoms with Crippen molar-refractivity contribution in [3.8, 4) is 5.75 Å². The molecule has 0 fully saturated rings. The van der Waals surface area contributed by atoms with Crippen molar-refractivity contribution in [1.29, 1.82) is 0 Å². The van der Waals surface area contributed by atoms with Gasteiger partial charge in [0.25, 0.3) is 0 Å². The van der Waals surface area contributed by atoms with Crippen molar-refractivity contribution in [2.45, 2.75) is 19.4 Å². The molecule has 0 bridgehead atoms. The number of nitrogens with zero attached hydrogens (tertiary/aromatic N) is 1. The van der Waals surface area contributed by atoms with E-state index in [9.17, 15) is 0 Å². The van der Waals surface area contributed by atoms with Crippen molar-refractivity contribution in [3.05, 3.63) is 53.7 Å². The molecule has 0 amide bonds.